The average molecular weight is 323 g/mol. The first kappa shape index (κ1) is 16.7. The van der Waals surface area contributed by atoms with E-state index in [1.165, 1.54) is 43.5 Å². The van der Waals surface area contributed by atoms with Gasteiger partial charge in [0.2, 0.25) is 0 Å². The molecule has 4 nitrogen and oxygen atoms in total. The summed E-state index contributed by atoms with van der Waals surface area (Å²) in [6.07, 6.45) is 3.92. The van der Waals surface area contributed by atoms with E-state index >= 15 is 0 Å². The van der Waals surface area contributed by atoms with Gasteiger partial charge in [0.1, 0.15) is 5.69 Å². The van der Waals surface area contributed by atoms with Crippen molar-refractivity contribution < 1.29 is 4.79 Å². The van der Waals surface area contributed by atoms with Crippen LogP contribution in [0.5, 0.6) is 0 Å². The van der Waals surface area contributed by atoms with E-state index in [9.17, 15) is 4.79 Å². The number of likely N-dealkylation sites (tertiary alicyclic amines) is 1. The van der Waals surface area contributed by atoms with Crippen LogP contribution in [0, 0.1) is 6.92 Å². The Morgan fingerprint density at radius 2 is 1.79 bits per heavy atom. The number of nitrogens with one attached hydrogen (secondary N) is 1. The molecule has 1 aliphatic rings. The Morgan fingerprint density at radius 1 is 1.04 bits per heavy atom. The number of hydrogen-bond donors (Lipinski definition) is 1. The van der Waals surface area contributed by atoms with Gasteiger partial charge in [-0.05, 0) is 56.1 Å². The predicted octanol–water partition coefficient (Wildman–Crippen LogP) is 3.31. The molecule has 1 aromatic carbocycles. The summed E-state index contributed by atoms with van der Waals surface area (Å²) in [6, 6.07) is 13.9. The molecule has 1 aliphatic heterocycles. The van der Waals surface area contributed by atoms with E-state index in [1.54, 1.807) is 6.07 Å². The molecule has 1 aromatic heterocycles. The molecule has 1 amide bonds. The van der Waals surface area contributed by atoms with Crippen LogP contribution in [0.3, 0.4) is 0 Å². The van der Waals surface area contributed by atoms with E-state index in [4.69, 9.17) is 0 Å². The third kappa shape index (κ3) is 4.42. The highest BCUT2D eigenvalue weighted by Gasteiger charge is 2.13. The van der Waals surface area contributed by atoms with Crippen LogP contribution >= 0.6 is 0 Å². The Bertz CT molecular complexity index is 693. The molecule has 0 unspecified atom stereocenters. The number of piperidine rings is 1. The summed E-state index contributed by atoms with van der Waals surface area (Å²) in [7, 11) is 0. The molecule has 0 bridgehead atoms. The van der Waals surface area contributed by atoms with Gasteiger partial charge in [0.15, 0.2) is 0 Å². The fourth-order valence-corrected chi connectivity index (χ4v) is 3.18. The van der Waals surface area contributed by atoms with Crippen molar-refractivity contribution in [2.24, 2.45) is 0 Å². The van der Waals surface area contributed by atoms with E-state index in [0.717, 1.165) is 12.2 Å². The zero-order valence-corrected chi connectivity index (χ0v) is 14.3. The fourth-order valence-electron chi connectivity index (χ4n) is 3.18. The van der Waals surface area contributed by atoms with Gasteiger partial charge in [0.05, 0.1) is 0 Å². The third-order valence-electron chi connectivity index (χ3n) is 4.52. The Morgan fingerprint density at radius 3 is 2.54 bits per heavy atom. The minimum Gasteiger partial charge on any atom is -0.347 e. The van der Waals surface area contributed by atoms with Crippen LogP contribution in [0.15, 0.2) is 42.5 Å². The zero-order valence-electron chi connectivity index (χ0n) is 14.3. The fraction of sp³-hybridized carbons (Fsp3) is 0.400. The molecule has 1 N–H and O–H groups in total. The lowest BCUT2D eigenvalue weighted by molar-refractivity contribution is 0.0945. The number of pyridine rings is 1. The van der Waals surface area contributed by atoms with Crippen LogP contribution in [0.4, 0.5) is 0 Å². The van der Waals surface area contributed by atoms with Gasteiger partial charge >= 0.3 is 0 Å². The van der Waals surface area contributed by atoms with Crippen molar-refractivity contribution in [3.05, 3.63) is 65.0 Å². The summed E-state index contributed by atoms with van der Waals surface area (Å²) in [5.74, 6) is -0.119. The van der Waals surface area contributed by atoms with Crippen LogP contribution < -0.4 is 5.32 Å². The Balaban J connectivity index is 1.63. The highest BCUT2D eigenvalue weighted by Crippen LogP contribution is 2.16. The van der Waals surface area contributed by atoms with E-state index in [1.807, 2.05) is 25.1 Å². The maximum absolute atomic E-state index is 12.3. The number of amides is 1. The number of rotatable bonds is 5. The number of nitrogens with zero attached hydrogens (tertiary/aromatic N) is 2. The normalized spacial score (nSPS) is 15.2. The Hall–Kier alpha value is -2.20. The van der Waals surface area contributed by atoms with Gasteiger partial charge in [-0.2, -0.15) is 0 Å². The largest absolute Gasteiger partial charge is 0.347 e. The van der Waals surface area contributed by atoms with Crippen LogP contribution in [-0.2, 0) is 13.1 Å². The number of aryl methyl sites for hydroxylation is 1. The lowest BCUT2D eigenvalue weighted by Gasteiger charge is -2.27. The van der Waals surface area contributed by atoms with Crippen molar-refractivity contribution >= 4 is 5.91 Å². The molecule has 0 atom stereocenters. The summed E-state index contributed by atoms with van der Waals surface area (Å²) in [5, 5.41) is 3.00. The van der Waals surface area contributed by atoms with Crippen molar-refractivity contribution in [2.75, 3.05) is 13.1 Å². The van der Waals surface area contributed by atoms with E-state index in [0.29, 0.717) is 12.2 Å². The lowest BCUT2D eigenvalue weighted by Crippen LogP contribution is -2.30. The lowest BCUT2D eigenvalue weighted by atomic mass is 10.0. The maximum atomic E-state index is 12.3. The SMILES string of the molecule is Cc1cccc(C(=O)NCc2ccccc2CN2CCCCC2)n1. The van der Waals surface area contributed by atoms with Crippen molar-refractivity contribution in [1.29, 1.82) is 0 Å². The van der Waals surface area contributed by atoms with Crippen LogP contribution in [0.1, 0.15) is 46.6 Å². The van der Waals surface area contributed by atoms with Crippen LogP contribution in [-0.4, -0.2) is 28.9 Å². The van der Waals surface area contributed by atoms with E-state index < -0.39 is 0 Å². The van der Waals surface area contributed by atoms with Crippen molar-refractivity contribution in [2.45, 2.75) is 39.3 Å². The third-order valence-corrected chi connectivity index (χ3v) is 4.52. The predicted molar refractivity (Wildman–Crippen MR) is 95.7 cm³/mol. The second kappa shape index (κ2) is 8.06. The number of carbonyl (C=O) groups is 1. The first-order chi connectivity index (χ1) is 11.7. The topological polar surface area (TPSA) is 45.2 Å². The highest BCUT2D eigenvalue weighted by atomic mass is 16.1. The first-order valence-corrected chi connectivity index (χ1v) is 8.73. The van der Waals surface area contributed by atoms with Gasteiger partial charge in [-0.15, -0.1) is 0 Å². The standard InChI is InChI=1S/C20H25N3O/c1-16-8-7-11-19(22-16)20(24)21-14-17-9-3-4-10-18(17)15-23-12-5-2-6-13-23/h3-4,7-11H,2,5-6,12-15H2,1H3,(H,21,24). The summed E-state index contributed by atoms with van der Waals surface area (Å²) >= 11 is 0. The van der Waals surface area contributed by atoms with Crippen LogP contribution in [0.2, 0.25) is 0 Å². The summed E-state index contributed by atoms with van der Waals surface area (Å²) in [6.45, 7) is 5.75. The van der Waals surface area contributed by atoms with Crippen molar-refractivity contribution in [3.63, 3.8) is 0 Å². The van der Waals surface area contributed by atoms with Gasteiger partial charge in [0.25, 0.3) is 5.91 Å². The highest BCUT2D eigenvalue weighted by molar-refractivity contribution is 5.92. The Kier molecular flexibility index (Phi) is 5.59. The quantitative estimate of drug-likeness (QED) is 0.918. The summed E-state index contributed by atoms with van der Waals surface area (Å²) in [4.78, 5) is 19.1. The molecule has 1 fully saturated rings. The minimum absolute atomic E-state index is 0.119. The molecule has 24 heavy (non-hydrogen) atoms. The second-order valence-electron chi connectivity index (χ2n) is 6.45. The molecule has 0 aliphatic carbocycles. The van der Waals surface area contributed by atoms with Gasteiger partial charge in [-0.3, -0.25) is 9.69 Å². The molecule has 1 saturated heterocycles. The van der Waals surface area contributed by atoms with Crippen molar-refractivity contribution in [3.8, 4) is 0 Å². The van der Waals surface area contributed by atoms with Gasteiger partial charge < -0.3 is 5.32 Å². The molecule has 2 heterocycles. The molecule has 3 rings (SSSR count). The number of carbonyl (C=O) groups excluding carboxylic acids is 1. The molecular formula is C20H25N3O. The molecule has 4 heteroatoms. The molecule has 2 aromatic rings. The van der Waals surface area contributed by atoms with Crippen molar-refractivity contribution in [1.82, 2.24) is 15.2 Å². The van der Waals surface area contributed by atoms with E-state index in [2.05, 4.69) is 33.4 Å². The number of aromatic nitrogens is 1. The first-order valence-electron chi connectivity index (χ1n) is 8.73. The number of hydrogen-bond acceptors (Lipinski definition) is 3. The average Bonchev–Trinajstić information content (AvgIpc) is 2.61. The summed E-state index contributed by atoms with van der Waals surface area (Å²) in [5.41, 5.74) is 3.82. The maximum Gasteiger partial charge on any atom is 0.270 e. The molecule has 126 valence electrons. The van der Waals surface area contributed by atoms with Crippen LogP contribution in [0.25, 0.3) is 0 Å². The monoisotopic (exact) mass is 323 g/mol. The second-order valence-corrected chi connectivity index (χ2v) is 6.45. The van der Waals surface area contributed by atoms with E-state index in [-0.39, 0.29) is 5.91 Å². The zero-order chi connectivity index (χ0) is 16.8. The van der Waals surface area contributed by atoms with Gasteiger partial charge in [-0.25, -0.2) is 4.98 Å². The minimum atomic E-state index is -0.119. The Labute approximate surface area is 143 Å². The van der Waals surface area contributed by atoms with Gasteiger partial charge in [0, 0.05) is 18.8 Å². The number of benzene rings is 1. The molecular weight excluding hydrogens is 298 g/mol. The summed E-state index contributed by atoms with van der Waals surface area (Å²) < 4.78 is 0. The smallest absolute Gasteiger partial charge is 0.270 e. The molecule has 0 saturated carbocycles. The molecule has 0 spiro atoms. The molecule has 0 radical (unpaired) electrons. The van der Waals surface area contributed by atoms with Gasteiger partial charge in [-0.1, -0.05) is 36.8 Å².